The normalized spacial score (nSPS) is 12.8. The molecule has 0 aromatic heterocycles. The number of nitrogens with zero attached hydrogens (tertiary/aromatic N) is 1. The van der Waals surface area contributed by atoms with Crippen molar-refractivity contribution >= 4 is 5.69 Å². The highest BCUT2D eigenvalue weighted by Crippen LogP contribution is 2.18. The second-order valence-electron chi connectivity index (χ2n) is 4.19. The van der Waals surface area contributed by atoms with E-state index >= 15 is 0 Å². The van der Waals surface area contributed by atoms with Gasteiger partial charge in [-0.05, 0) is 24.0 Å². The summed E-state index contributed by atoms with van der Waals surface area (Å²) in [6, 6.07) is 3.44. The summed E-state index contributed by atoms with van der Waals surface area (Å²) in [5.41, 5.74) is 6.16. The zero-order chi connectivity index (χ0) is 12.3. The molecule has 0 amide bonds. The fourth-order valence-electron chi connectivity index (χ4n) is 1.36. The predicted octanol–water partition coefficient (Wildman–Crippen LogP) is 2.26. The van der Waals surface area contributed by atoms with Crippen LogP contribution in [-0.2, 0) is 6.42 Å². The Kier molecular flexibility index (Phi) is 3.95. The molecule has 0 aliphatic rings. The quantitative estimate of drug-likeness (QED) is 0.632. The molecule has 1 rings (SSSR count). The van der Waals surface area contributed by atoms with Gasteiger partial charge in [0.05, 0.1) is 11.0 Å². The first kappa shape index (κ1) is 12.6. The molecule has 4 nitrogen and oxygen atoms in total. The van der Waals surface area contributed by atoms with Crippen LogP contribution in [0.4, 0.5) is 10.1 Å². The number of hydrogen-bond donors (Lipinski definition) is 1. The smallest absolute Gasteiger partial charge is 0.272 e. The third kappa shape index (κ3) is 3.27. The Labute approximate surface area is 93.4 Å². The van der Waals surface area contributed by atoms with E-state index in [1.807, 2.05) is 13.8 Å². The molecule has 0 heterocycles. The van der Waals surface area contributed by atoms with Crippen molar-refractivity contribution in [2.24, 2.45) is 11.7 Å². The summed E-state index contributed by atoms with van der Waals surface area (Å²) in [6.07, 6.45) is 0.441. The van der Waals surface area contributed by atoms with Crippen LogP contribution in [0.25, 0.3) is 0 Å². The van der Waals surface area contributed by atoms with Crippen molar-refractivity contribution < 1.29 is 9.31 Å². The van der Waals surface area contributed by atoms with Crippen molar-refractivity contribution in [1.82, 2.24) is 0 Å². The summed E-state index contributed by atoms with van der Waals surface area (Å²) < 4.78 is 13.1. The molecular weight excluding hydrogens is 211 g/mol. The van der Waals surface area contributed by atoms with E-state index in [-0.39, 0.29) is 17.6 Å². The number of hydrogen-bond acceptors (Lipinski definition) is 3. The van der Waals surface area contributed by atoms with Gasteiger partial charge in [0.2, 0.25) is 0 Å². The van der Waals surface area contributed by atoms with Gasteiger partial charge < -0.3 is 5.73 Å². The zero-order valence-corrected chi connectivity index (χ0v) is 9.31. The molecule has 1 aromatic rings. The van der Waals surface area contributed by atoms with Gasteiger partial charge in [-0.1, -0.05) is 13.8 Å². The molecule has 0 fully saturated rings. The van der Waals surface area contributed by atoms with Crippen molar-refractivity contribution in [3.8, 4) is 0 Å². The molecule has 5 heteroatoms. The molecule has 0 radical (unpaired) electrons. The monoisotopic (exact) mass is 226 g/mol. The molecule has 1 aromatic carbocycles. The van der Waals surface area contributed by atoms with Gasteiger partial charge in [0.25, 0.3) is 5.69 Å². The highest BCUT2D eigenvalue weighted by Gasteiger charge is 2.13. The van der Waals surface area contributed by atoms with Crippen LogP contribution in [0, 0.1) is 21.8 Å². The van der Waals surface area contributed by atoms with Crippen LogP contribution in [-0.4, -0.2) is 11.0 Å². The minimum absolute atomic E-state index is 0.124. The van der Waals surface area contributed by atoms with Crippen LogP contribution in [0.2, 0.25) is 0 Å². The van der Waals surface area contributed by atoms with E-state index in [0.29, 0.717) is 12.0 Å². The molecule has 0 aliphatic heterocycles. The first-order chi connectivity index (χ1) is 7.40. The van der Waals surface area contributed by atoms with Crippen molar-refractivity contribution in [1.29, 1.82) is 0 Å². The van der Waals surface area contributed by atoms with Gasteiger partial charge in [-0.3, -0.25) is 10.1 Å². The first-order valence-electron chi connectivity index (χ1n) is 5.09. The lowest BCUT2D eigenvalue weighted by Crippen LogP contribution is -2.28. The Bertz CT molecular complexity index is 394. The standard InChI is InChI=1S/C11H15FN2O2/c1-7(2)11(13)5-8-3-9(12)6-10(4-8)14(15)16/h3-4,6-7,11H,5,13H2,1-2H3. The van der Waals surface area contributed by atoms with Gasteiger partial charge in [-0.2, -0.15) is 0 Å². The number of benzene rings is 1. The molecule has 88 valence electrons. The van der Waals surface area contributed by atoms with E-state index in [0.717, 1.165) is 6.07 Å². The van der Waals surface area contributed by atoms with E-state index in [1.165, 1.54) is 12.1 Å². The highest BCUT2D eigenvalue weighted by molar-refractivity contribution is 5.35. The Balaban J connectivity index is 2.92. The molecule has 0 saturated heterocycles. The number of nitrogens with two attached hydrogens (primary N) is 1. The van der Waals surface area contributed by atoms with Gasteiger partial charge in [0.1, 0.15) is 5.82 Å². The average molecular weight is 226 g/mol. The van der Waals surface area contributed by atoms with Crippen LogP contribution in [0.1, 0.15) is 19.4 Å². The molecule has 0 aliphatic carbocycles. The largest absolute Gasteiger partial charge is 0.327 e. The van der Waals surface area contributed by atoms with Crippen molar-refractivity contribution in [3.05, 3.63) is 39.7 Å². The lowest BCUT2D eigenvalue weighted by atomic mass is 9.97. The summed E-state index contributed by atoms with van der Waals surface area (Å²) >= 11 is 0. The van der Waals surface area contributed by atoms with E-state index in [1.54, 1.807) is 0 Å². The zero-order valence-electron chi connectivity index (χ0n) is 9.31. The topological polar surface area (TPSA) is 69.2 Å². The number of halogens is 1. The minimum Gasteiger partial charge on any atom is -0.327 e. The fraction of sp³-hybridized carbons (Fsp3) is 0.455. The highest BCUT2D eigenvalue weighted by atomic mass is 19.1. The molecule has 2 N–H and O–H groups in total. The third-order valence-electron chi connectivity index (χ3n) is 2.48. The van der Waals surface area contributed by atoms with E-state index < -0.39 is 10.7 Å². The maximum Gasteiger partial charge on any atom is 0.272 e. The van der Waals surface area contributed by atoms with Gasteiger partial charge >= 0.3 is 0 Å². The minimum atomic E-state index is -0.604. The van der Waals surface area contributed by atoms with Gasteiger partial charge in [0, 0.05) is 12.1 Å². The summed E-state index contributed by atoms with van der Waals surface area (Å²) in [4.78, 5) is 9.93. The third-order valence-corrected chi connectivity index (χ3v) is 2.48. The second kappa shape index (κ2) is 5.03. The predicted molar refractivity (Wildman–Crippen MR) is 59.6 cm³/mol. The Morgan fingerprint density at radius 2 is 2.06 bits per heavy atom. The van der Waals surface area contributed by atoms with Crippen molar-refractivity contribution in [3.63, 3.8) is 0 Å². The van der Waals surface area contributed by atoms with Gasteiger partial charge in [-0.25, -0.2) is 4.39 Å². The summed E-state index contributed by atoms with van der Waals surface area (Å²) in [5, 5.41) is 10.5. The first-order valence-corrected chi connectivity index (χ1v) is 5.09. The maximum atomic E-state index is 13.1. The molecule has 0 spiro atoms. The Hall–Kier alpha value is -1.49. The van der Waals surface area contributed by atoms with Gasteiger partial charge in [0.15, 0.2) is 0 Å². The summed E-state index contributed by atoms with van der Waals surface area (Å²) in [6.45, 7) is 3.91. The number of nitro benzene ring substituents is 1. The van der Waals surface area contributed by atoms with E-state index in [4.69, 9.17) is 5.73 Å². The van der Waals surface area contributed by atoms with Crippen molar-refractivity contribution in [2.75, 3.05) is 0 Å². The SMILES string of the molecule is CC(C)C(N)Cc1cc(F)cc([N+](=O)[O-])c1. The molecular formula is C11H15FN2O2. The van der Waals surface area contributed by atoms with Crippen LogP contribution in [0.5, 0.6) is 0 Å². The molecule has 0 saturated carbocycles. The van der Waals surface area contributed by atoms with Crippen LogP contribution < -0.4 is 5.73 Å². The lowest BCUT2D eigenvalue weighted by Gasteiger charge is -2.15. The van der Waals surface area contributed by atoms with Crippen LogP contribution >= 0.6 is 0 Å². The Morgan fingerprint density at radius 1 is 1.44 bits per heavy atom. The van der Waals surface area contributed by atoms with Crippen LogP contribution in [0.15, 0.2) is 18.2 Å². The number of rotatable bonds is 4. The second-order valence-corrected chi connectivity index (χ2v) is 4.19. The number of non-ortho nitro benzene ring substituents is 1. The molecule has 16 heavy (non-hydrogen) atoms. The maximum absolute atomic E-state index is 13.1. The van der Waals surface area contributed by atoms with Gasteiger partial charge in [-0.15, -0.1) is 0 Å². The molecule has 0 bridgehead atoms. The lowest BCUT2D eigenvalue weighted by molar-refractivity contribution is -0.385. The van der Waals surface area contributed by atoms with E-state index in [2.05, 4.69) is 0 Å². The number of nitro groups is 1. The van der Waals surface area contributed by atoms with E-state index in [9.17, 15) is 14.5 Å². The average Bonchev–Trinajstić information content (AvgIpc) is 2.16. The fourth-order valence-corrected chi connectivity index (χ4v) is 1.36. The molecule has 1 atom stereocenters. The van der Waals surface area contributed by atoms with Crippen molar-refractivity contribution in [2.45, 2.75) is 26.3 Å². The molecule has 1 unspecified atom stereocenters. The summed E-state index contributed by atoms with van der Waals surface area (Å²) in [7, 11) is 0. The summed E-state index contributed by atoms with van der Waals surface area (Å²) in [5.74, 6) is -0.345. The van der Waals surface area contributed by atoms with Crippen LogP contribution in [0.3, 0.4) is 0 Å². The Morgan fingerprint density at radius 3 is 2.56 bits per heavy atom.